The van der Waals surface area contributed by atoms with Gasteiger partial charge in [-0.2, -0.15) is 0 Å². The Morgan fingerprint density at radius 2 is 2.10 bits per heavy atom. The number of likely N-dealkylation sites (N-methyl/N-ethyl adjacent to an activating group) is 1. The van der Waals surface area contributed by atoms with Gasteiger partial charge in [0.15, 0.2) is 17.4 Å². The van der Waals surface area contributed by atoms with Gasteiger partial charge >= 0.3 is 0 Å². The highest BCUT2D eigenvalue weighted by molar-refractivity contribution is 5.90. The van der Waals surface area contributed by atoms with Gasteiger partial charge in [0.1, 0.15) is 0 Å². The minimum atomic E-state index is -0.899. The molecule has 0 bridgehead atoms. The molecule has 2 rings (SSSR count). The highest BCUT2D eigenvalue weighted by Crippen LogP contribution is 2.37. The molecule has 0 saturated heterocycles. The molecule has 1 fully saturated rings. The molecule has 4 heteroatoms. The second kappa shape index (κ2) is 6.22. The number of carbonyl (C=O) groups excluding carboxylic acids is 1. The number of ketones is 1. The van der Waals surface area contributed by atoms with Gasteiger partial charge in [0.05, 0.1) is 5.54 Å². The van der Waals surface area contributed by atoms with Crippen LogP contribution in [0.3, 0.4) is 0 Å². The van der Waals surface area contributed by atoms with E-state index in [4.69, 9.17) is 0 Å². The zero-order chi connectivity index (χ0) is 15.6. The Bertz CT molecular complexity index is 530. The molecule has 2 atom stereocenters. The van der Waals surface area contributed by atoms with E-state index in [1.807, 2.05) is 19.0 Å². The number of hydrogen-bond donors (Lipinski definition) is 0. The molecular weight excluding hydrogens is 272 g/mol. The smallest absolute Gasteiger partial charge is 0.162 e. The van der Waals surface area contributed by atoms with E-state index in [0.717, 1.165) is 31.7 Å². The first-order chi connectivity index (χ1) is 9.86. The maximum absolute atomic E-state index is 13.8. The summed E-state index contributed by atoms with van der Waals surface area (Å²) in [5.41, 5.74) is -0.393. The van der Waals surface area contributed by atoms with Crippen LogP contribution >= 0.6 is 0 Å². The third-order valence-electron chi connectivity index (χ3n) is 4.73. The molecule has 2 unspecified atom stereocenters. The lowest BCUT2D eigenvalue weighted by molar-refractivity contribution is -0.132. The van der Waals surface area contributed by atoms with Crippen molar-refractivity contribution in [1.29, 1.82) is 0 Å². The van der Waals surface area contributed by atoms with Gasteiger partial charge in [0, 0.05) is 6.42 Å². The second-order valence-electron chi connectivity index (χ2n) is 6.44. The Balaban J connectivity index is 2.25. The van der Waals surface area contributed by atoms with Crippen molar-refractivity contribution < 1.29 is 13.6 Å². The van der Waals surface area contributed by atoms with Crippen molar-refractivity contribution in [3.63, 3.8) is 0 Å². The van der Waals surface area contributed by atoms with Gasteiger partial charge in [-0.05, 0) is 44.5 Å². The minimum absolute atomic E-state index is 0.0106. The highest BCUT2D eigenvalue weighted by Gasteiger charge is 2.43. The predicted molar refractivity (Wildman–Crippen MR) is 79.1 cm³/mol. The van der Waals surface area contributed by atoms with Crippen LogP contribution in [0, 0.1) is 17.6 Å². The summed E-state index contributed by atoms with van der Waals surface area (Å²) in [6.07, 6.45) is 3.65. The lowest BCUT2D eigenvalue weighted by atomic mass is 9.72. The molecule has 0 heterocycles. The third-order valence-corrected chi connectivity index (χ3v) is 4.73. The lowest BCUT2D eigenvalue weighted by Crippen LogP contribution is -2.54. The van der Waals surface area contributed by atoms with E-state index < -0.39 is 17.2 Å². The predicted octanol–water partition coefficient (Wildman–Crippen LogP) is 3.59. The van der Waals surface area contributed by atoms with Crippen LogP contribution in [-0.4, -0.2) is 30.3 Å². The van der Waals surface area contributed by atoms with Gasteiger partial charge in [0.2, 0.25) is 0 Å². The van der Waals surface area contributed by atoms with Gasteiger partial charge < -0.3 is 0 Å². The van der Waals surface area contributed by atoms with Crippen molar-refractivity contribution in [2.75, 3.05) is 14.1 Å². The maximum Gasteiger partial charge on any atom is 0.162 e. The van der Waals surface area contributed by atoms with Crippen LogP contribution in [0.15, 0.2) is 18.2 Å². The minimum Gasteiger partial charge on any atom is -0.297 e. The second-order valence-corrected chi connectivity index (χ2v) is 6.44. The largest absolute Gasteiger partial charge is 0.297 e. The maximum atomic E-state index is 13.8. The molecule has 0 N–H and O–H groups in total. The Hall–Kier alpha value is -1.29. The van der Waals surface area contributed by atoms with Crippen molar-refractivity contribution in [2.24, 2.45) is 5.92 Å². The molecule has 1 aliphatic carbocycles. The first kappa shape index (κ1) is 16.1. The Labute approximate surface area is 125 Å². The van der Waals surface area contributed by atoms with Crippen molar-refractivity contribution in [2.45, 2.75) is 44.6 Å². The van der Waals surface area contributed by atoms with Crippen molar-refractivity contribution in [1.82, 2.24) is 4.90 Å². The van der Waals surface area contributed by atoms with Gasteiger partial charge in [-0.15, -0.1) is 0 Å². The fourth-order valence-electron chi connectivity index (χ4n) is 3.45. The standard InChI is InChI=1S/C17H23F2NO/c1-12-6-5-9-17(11-12,20(2)3)15(21)10-13-7-4-8-14(18)16(13)19/h4,7-8,12H,5-6,9-11H2,1-3H3. The number of halogens is 2. The van der Waals surface area contributed by atoms with Gasteiger partial charge in [-0.25, -0.2) is 8.78 Å². The van der Waals surface area contributed by atoms with E-state index in [2.05, 4.69) is 6.92 Å². The van der Waals surface area contributed by atoms with Gasteiger partial charge in [0.25, 0.3) is 0 Å². The Morgan fingerprint density at radius 3 is 2.71 bits per heavy atom. The fourth-order valence-corrected chi connectivity index (χ4v) is 3.45. The summed E-state index contributed by atoms with van der Waals surface area (Å²) in [4.78, 5) is 14.8. The molecule has 0 spiro atoms. The molecule has 0 amide bonds. The Morgan fingerprint density at radius 1 is 1.38 bits per heavy atom. The zero-order valence-corrected chi connectivity index (χ0v) is 13.0. The molecule has 2 nitrogen and oxygen atoms in total. The molecule has 0 aliphatic heterocycles. The average Bonchev–Trinajstić information content (AvgIpc) is 2.43. The van der Waals surface area contributed by atoms with Crippen LogP contribution in [0.5, 0.6) is 0 Å². The van der Waals surface area contributed by atoms with E-state index in [9.17, 15) is 13.6 Å². The van der Waals surface area contributed by atoms with Crippen LogP contribution in [0.1, 0.15) is 38.2 Å². The number of carbonyl (C=O) groups is 1. The topological polar surface area (TPSA) is 20.3 Å². The number of nitrogens with zero attached hydrogens (tertiary/aromatic N) is 1. The van der Waals surface area contributed by atoms with Crippen molar-refractivity contribution in [3.8, 4) is 0 Å². The first-order valence-electron chi connectivity index (χ1n) is 7.50. The summed E-state index contributed by atoms with van der Waals surface area (Å²) in [6, 6.07) is 4.02. The normalized spacial score (nSPS) is 26.1. The molecule has 21 heavy (non-hydrogen) atoms. The molecule has 1 aromatic rings. The summed E-state index contributed by atoms with van der Waals surface area (Å²) in [7, 11) is 3.80. The van der Waals surface area contributed by atoms with Gasteiger partial charge in [-0.1, -0.05) is 31.9 Å². The quantitative estimate of drug-likeness (QED) is 0.846. The molecule has 1 aliphatic rings. The van der Waals surface area contributed by atoms with Crippen LogP contribution in [0.2, 0.25) is 0 Å². The molecular formula is C17H23F2NO. The van der Waals surface area contributed by atoms with E-state index in [1.165, 1.54) is 12.1 Å². The van der Waals surface area contributed by atoms with Crippen LogP contribution < -0.4 is 0 Å². The van der Waals surface area contributed by atoms with E-state index >= 15 is 0 Å². The molecule has 0 radical (unpaired) electrons. The van der Waals surface area contributed by atoms with Crippen LogP contribution in [0.4, 0.5) is 8.78 Å². The molecule has 1 saturated carbocycles. The van der Waals surface area contributed by atoms with E-state index in [1.54, 1.807) is 0 Å². The SMILES string of the molecule is CC1CCCC(C(=O)Cc2cccc(F)c2F)(N(C)C)C1. The zero-order valence-electron chi connectivity index (χ0n) is 13.0. The Kier molecular flexibility index (Phi) is 4.77. The van der Waals surface area contributed by atoms with Gasteiger partial charge in [-0.3, -0.25) is 9.69 Å². The lowest BCUT2D eigenvalue weighted by Gasteiger charge is -2.44. The van der Waals surface area contributed by atoms with E-state index in [-0.39, 0.29) is 17.8 Å². The first-order valence-corrected chi connectivity index (χ1v) is 7.50. The molecule has 0 aromatic heterocycles. The fraction of sp³-hybridized carbons (Fsp3) is 0.588. The van der Waals surface area contributed by atoms with Crippen LogP contribution in [-0.2, 0) is 11.2 Å². The average molecular weight is 295 g/mol. The van der Waals surface area contributed by atoms with Crippen molar-refractivity contribution in [3.05, 3.63) is 35.4 Å². The monoisotopic (exact) mass is 295 g/mol. The summed E-state index contributed by atoms with van der Waals surface area (Å²) in [5.74, 6) is -1.33. The number of rotatable bonds is 4. The highest BCUT2D eigenvalue weighted by atomic mass is 19.2. The number of benzene rings is 1. The summed E-state index contributed by atoms with van der Waals surface area (Å²) < 4.78 is 27.1. The summed E-state index contributed by atoms with van der Waals surface area (Å²) in [5, 5.41) is 0. The summed E-state index contributed by atoms with van der Waals surface area (Å²) >= 11 is 0. The van der Waals surface area contributed by atoms with Crippen molar-refractivity contribution >= 4 is 5.78 Å². The third kappa shape index (κ3) is 3.15. The number of Topliss-reactive ketones (excluding diaryl/α,β-unsaturated/α-hetero) is 1. The van der Waals surface area contributed by atoms with E-state index in [0.29, 0.717) is 5.92 Å². The molecule has 1 aromatic carbocycles. The summed E-state index contributed by atoms with van der Waals surface area (Å²) in [6.45, 7) is 2.15. The van der Waals surface area contributed by atoms with Crippen LogP contribution in [0.25, 0.3) is 0 Å². The number of hydrogen-bond acceptors (Lipinski definition) is 2. The molecule has 116 valence electrons.